The molecule has 2 heterocycles. The molecule has 1 atom stereocenters. The van der Waals surface area contributed by atoms with Crippen LogP contribution in [0.5, 0.6) is 0 Å². The highest BCUT2D eigenvalue weighted by Crippen LogP contribution is 2.26. The molecule has 1 aromatic rings. The molecule has 1 unspecified atom stereocenters. The lowest BCUT2D eigenvalue weighted by molar-refractivity contribution is -0.120. The third-order valence-corrected chi connectivity index (χ3v) is 6.86. The average molecular weight is 351 g/mol. The van der Waals surface area contributed by atoms with E-state index in [-0.39, 0.29) is 29.4 Å². The molecule has 2 aliphatic rings. The van der Waals surface area contributed by atoms with Crippen molar-refractivity contribution in [2.75, 3.05) is 28.8 Å². The molecule has 6 nitrogen and oxygen atoms in total. The normalized spacial score (nSPS) is 23.8. The second-order valence-corrected chi connectivity index (χ2v) is 9.13. The monoisotopic (exact) mass is 351 g/mol. The van der Waals surface area contributed by atoms with Gasteiger partial charge in [0.1, 0.15) is 5.82 Å². The van der Waals surface area contributed by atoms with Gasteiger partial charge in [0.15, 0.2) is 9.84 Å². The molecule has 0 aromatic carbocycles. The Morgan fingerprint density at radius 3 is 2.54 bits per heavy atom. The third kappa shape index (κ3) is 4.06. The Hall–Kier alpha value is -1.63. The van der Waals surface area contributed by atoms with Crippen LogP contribution >= 0.6 is 0 Å². The zero-order valence-corrected chi connectivity index (χ0v) is 14.9. The third-order valence-electron chi connectivity index (χ3n) is 5.11. The second kappa shape index (κ2) is 7.09. The van der Waals surface area contributed by atoms with Gasteiger partial charge in [-0.25, -0.2) is 13.4 Å². The summed E-state index contributed by atoms with van der Waals surface area (Å²) in [6.45, 7) is 0. The Balaban J connectivity index is 1.59. The van der Waals surface area contributed by atoms with Gasteiger partial charge in [0, 0.05) is 19.0 Å². The molecule has 1 N–H and O–H groups in total. The maximum Gasteiger partial charge on any atom is 0.227 e. The number of hydrogen-bond acceptors (Lipinski definition) is 5. The van der Waals surface area contributed by atoms with Gasteiger partial charge in [-0.05, 0) is 31.4 Å². The summed E-state index contributed by atoms with van der Waals surface area (Å²) in [6.07, 6.45) is 7.71. The van der Waals surface area contributed by atoms with Crippen LogP contribution in [0.25, 0.3) is 0 Å². The lowest BCUT2D eigenvalue weighted by atomic mass is 9.88. The van der Waals surface area contributed by atoms with E-state index in [4.69, 9.17) is 0 Å². The van der Waals surface area contributed by atoms with Crippen molar-refractivity contribution in [2.24, 2.45) is 5.92 Å². The number of nitrogens with one attached hydrogen (secondary N) is 1. The molecule has 132 valence electrons. The van der Waals surface area contributed by atoms with Crippen LogP contribution in [0.2, 0.25) is 0 Å². The van der Waals surface area contributed by atoms with E-state index in [1.165, 1.54) is 6.42 Å². The van der Waals surface area contributed by atoms with E-state index in [2.05, 4.69) is 10.3 Å². The van der Waals surface area contributed by atoms with E-state index in [1.54, 1.807) is 6.20 Å². The van der Waals surface area contributed by atoms with Crippen molar-refractivity contribution in [3.8, 4) is 0 Å². The van der Waals surface area contributed by atoms with Gasteiger partial charge in [-0.3, -0.25) is 4.79 Å². The minimum absolute atomic E-state index is 0.0230. The molecule has 1 aromatic heterocycles. The molecule has 0 spiro atoms. The molecule has 0 radical (unpaired) electrons. The predicted octanol–water partition coefficient (Wildman–Crippen LogP) is 2.22. The van der Waals surface area contributed by atoms with Crippen LogP contribution in [-0.4, -0.2) is 43.9 Å². The number of sulfone groups is 1. The molecule has 1 aliphatic heterocycles. The van der Waals surface area contributed by atoms with Crippen LogP contribution < -0.4 is 10.2 Å². The number of aromatic nitrogens is 1. The van der Waals surface area contributed by atoms with Crippen molar-refractivity contribution < 1.29 is 13.2 Å². The van der Waals surface area contributed by atoms with Crippen LogP contribution in [0.3, 0.4) is 0 Å². The quantitative estimate of drug-likeness (QED) is 0.900. The highest BCUT2D eigenvalue weighted by atomic mass is 32.2. The van der Waals surface area contributed by atoms with Crippen LogP contribution in [0.15, 0.2) is 18.3 Å². The van der Waals surface area contributed by atoms with Crippen molar-refractivity contribution in [1.82, 2.24) is 4.98 Å². The Labute approximate surface area is 143 Å². The first kappa shape index (κ1) is 17.2. The van der Waals surface area contributed by atoms with Crippen LogP contribution in [0, 0.1) is 5.92 Å². The van der Waals surface area contributed by atoms with E-state index in [1.807, 2.05) is 24.1 Å². The Morgan fingerprint density at radius 2 is 1.96 bits per heavy atom. The fourth-order valence-corrected chi connectivity index (χ4v) is 5.32. The number of amides is 1. The molecular formula is C17H25N3O3S. The van der Waals surface area contributed by atoms with Crippen LogP contribution in [-0.2, 0) is 14.6 Å². The first-order chi connectivity index (χ1) is 11.4. The van der Waals surface area contributed by atoms with Gasteiger partial charge in [-0.1, -0.05) is 19.3 Å². The van der Waals surface area contributed by atoms with Gasteiger partial charge in [0.2, 0.25) is 5.91 Å². The minimum Gasteiger partial charge on any atom is -0.356 e. The molecule has 2 fully saturated rings. The van der Waals surface area contributed by atoms with Gasteiger partial charge in [-0.15, -0.1) is 0 Å². The molecule has 1 saturated heterocycles. The summed E-state index contributed by atoms with van der Waals surface area (Å²) in [5, 5.41) is 2.94. The minimum atomic E-state index is -2.91. The topological polar surface area (TPSA) is 79.4 Å². The Kier molecular flexibility index (Phi) is 5.08. The molecule has 1 amide bonds. The molecule has 1 aliphatic carbocycles. The summed E-state index contributed by atoms with van der Waals surface area (Å²) < 4.78 is 23.2. The van der Waals surface area contributed by atoms with E-state index in [0.717, 1.165) is 31.5 Å². The second-order valence-electron chi connectivity index (χ2n) is 6.90. The number of nitrogens with zero attached hydrogens (tertiary/aromatic N) is 2. The first-order valence-corrected chi connectivity index (χ1v) is 10.5. The molecule has 0 bridgehead atoms. The van der Waals surface area contributed by atoms with E-state index in [9.17, 15) is 13.2 Å². The number of carbonyl (C=O) groups is 1. The number of pyridine rings is 1. The summed E-state index contributed by atoms with van der Waals surface area (Å²) in [6, 6.07) is 3.65. The number of anilines is 2. The maximum atomic E-state index is 12.3. The lowest BCUT2D eigenvalue weighted by Gasteiger charge is -2.24. The Morgan fingerprint density at radius 1 is 1.21 bits per heavy atom. The van der Waals surface area contributed by atoms with Crippen molar-refractivity contribution in [2.45, 2.75) is 44.6 Å². The molecule has 1 saturated carbocycles. The SMILES string of the molecule is CN(c1ccc(NC(=O)C2CCCCC2)cn1)C1CCS(=O)(=O)C1. The first-order valence-electron chi connectivity index (χ1n) is 8.65. The molecule has 7 heteroatoms. The average Bonchev–Trinajstić information content (AvgIpc) is 2.95. The standard InChI is InChI=1S/C17H25N3O3S/c1-20(15-9-10-24(22,23)12-15)16-8-7-14(11-18-16)19-17(21)13-5-3-2-4-6-13/h7-8,11,13,15H,2-6,9-10,12H2,1H3,(H,19,21). The van der Waals surface area contributed by atoms with Crippen LogP contribution in [0.1, 0.15) is 38.5 Å². The largest absolute Gasteiger partial charge is 0.356 e. The van der Waals surface area contributed by atoms with Crippen molar-refractivity contribution in [3.63, 3.8) is 0 Å². The van der Waals surface area contributed by atoms with Crippen molar-refractivity contribution in [1.29, 1.82) is 0 Å². The lowest BCUT2D eigenvalue weighted by Crippen LogP contribution is -2.33. The highest BCUT2D eigenvalue weighted by Gasteiger charge is 2.31. The smallest absolute Gasteiger partial charge is 0.227 e. The number of rotatable bonds is 4. The molecule has 24 heavy (non-hydrogen) atoms. The summed E-state index contributed by atoms with van der Waals surface area (Å²) in [5.41, 5.74) is 0.696. The van der Waals surface area contributed by atoms with E-state index in [0.29, 0.717) is 12.1 Å². The zero-order chi connectivity index (χ0) is 17.2. The number of hydrogen-bond donors (Lipinski definition) is 1. The summed E-state index contributed by atoms with van der Waals surface area (Å²) in [5.74, 6) is 1.36. The van der Waals surface area contributed by atoms with Gasteiger partial charge in [0.05, 0.1) is 23.4 Å². The summed E-state index contributed by atoms with van der Waals surface area (Å²) in [7, 11) is -1.04. The summed E-state index contributed by atoms with van der Waals surface area (Å²) >= 11 is 0. The maximum absolute atomic E-state index is 12.3. The zero-order valence-electron chi connectivity index (χ0n) is 14.1. The van der Waals surface area contributed by atoms with Gasteiger partial charge in [-0.2, -0.15) is 0 Å². The van der Waals surface area contributed by atoms with Gasteiger partial charge < -0.3 is 10.2 Å². The van der Waals surface area contributed by atoms with E-state index >= 15 is 0 Å². The molecular weight excluding hydrogens is 326 g/mol. The highest BCUT2D eigenvalue weighted by molar-refractivity contribution is 7.91. The number of carbonyl (C=O) groups excluding carboxylic acids is 1. The van der Waals surface area contributed by atoms with Gasteiger partial charge in [0.25, 0.3) is 0 Å². The van der Waals surface area contributed by atoms with Crippen molar-refractivity contribution in [3.05, 3.63) is 18.3 Å². The summed E-state index contributed by atoms with van der Waals surface area (Å²) in [4.78, 5) is 18.6. The predicted molar refractivity (Wildman–Crippen MR) is 94.9 cm³/mol. The fourth-order valence-electron chi connectivity index (χ4n) is 3.55. The van der Waals surface area contributed by atoms with Gasteiger partial charge >= 0.3 is 0 Å². The van der Waals surface area contributed by atoms with Crippen LogP contribution in [0.4, 0.5) is 11.5 Å². The van der Waals surface area contributed by atoms with Crippen molar-refractivity contribution >= 4 is 27.2 Å². The fraction of sp³-hybridized carbons (Fsp3) is 0.647. The van der Waals surface area contributed by atoms with E-state index < -0.39 is 9.84 Å². The molecule has 3 rings (SSSR count). The Bertz CT molecular complexity index is 682.